The molecule has 0 heterocycles. The maximum atomic E-state index is 11.3. The van der Waals surface area contributed by atoms with Gasteiger partial charge in [-0.05, 0) is 34.5 Å². The molecular formula is C10H12BrNO2. The Hall–Kier alpha value is -0.870. The number of hydrogen-bond donors (Lipinski definition) is 2. The molecule has 1 aromatic rings. The van der Waals surface area contributed by atoms with Crippen molar-refractivity contribution in [1.29, 1.82) is 0 Å². The highest BCUT2D eigenvalue weighted by molar-refractivity contribution is 9.10. The van der Waals surface area contributed by atoms with Crippen molar-refractivity contribution in [3.63, 3.8) is 0 Å². The molecule has 0 spiro atoms. The Labute approximate surface area is 91.3 Å². The first-order valence-corrected chi connectivity index (χ1v) is 5.18. The summed E-state index contributed by atoms with van der Waals surface area (Å²) in [5.41, 5.74) is 0.760. The largest absolute Gasteiger partial charge is 0.396 e. The van der Waals surface area contributed by atoms with Crippen molar-refractivity contribution in [2.75, 3.05) is 11.9 Å². The van der Waals surface area contributed by atoms with E-state index in [0.717, 1.165) is 10.2 Å². The predicted octanol–water partition coefficient (Wildman–Crippen LogP) is 2.16. The highest BCUT2D eigenvalue weighted by atomic mass is 79.9. The van der Waals surface area contributed by atoms with Crippen LogP contribution in [0.25, 0.3) is 0 Å². The third-order valence-electron chi connectivity index (χ3n) is 1.71. The quantitative estimate of drug-likeness (QED) is 0.869. The topological polar surface area (TPSA) is 49.3 Å². The van der Waals surface area contributed by atoms with Crippen LogP contribution in [0.15, 0.2) is 28.7 Å². The Balaban J connectivity index is 2.52. The smallest absolute Gasteiger partial charge is 0.224 e. The molecule has 0 bridgehead atoms. The van der Waals surface area contributed by atoms with E-state index < -0.39 is 0 Å². The number of aliphatic hydroxyl groups is 1. The minimum absolute atomic E-state index is 0.0450. The van der Waals surface area contributed by atoms with Gasteiger partial charge in [-0.1, -0.05) is 12.1 Å². The van der Waals surface area contributed by atoms with Gasteiger partial charge < -0.3 is 10.4 Å². The third-order valence-corrected chi connectivity index (χ3v) is 2.40. The van der Waals surface area contributed by atoms with Gasteiger partial charge in [0, 0.05) is 17.5 Å². The second-order valence-corrected chi connectivity index (χ2v) is 3.71. The Bertz CT molecular complexity index is 315. The standard InChI is InChI=1S/C10H12BrNO2/c11-8-4-1-2-5-9(8)12-10(14)6-3-7-13/h1-2,4-5,13H,3,6-7H2,(H,12,14). The summed E-state index contributed by atoms with van der Waals surface area (Å²) in [6, 6.07) is 7.42. The lowest BCUT2D eigenvalue weighted by atomic mass is 10.3. The molecule has 0 aliphatic rings. The summed E-state index contributed by atoms with van der Waals surface area (Å²) in [6.07, 6.45) is 0.841. The number of aliphatic hydroxyl groups excluding tert-OH is 1. The number of rotatable bonds is 4. The van der Waals surface area contributed by atoms with Gasteiger partial charge in [0.1, 0.15) is 0 Å². The van der Waals surface area contributed by atoms with E-state index in [1.807, 2.05) is 24.3 Å². The van der Waals surface area contributed by atoms with Crippen LogP contribution in [-0.2, 0) is 4.79 Å². The molecule has 0 aromatic heterocycles. The lowest BCUT2D eigenvalue weighted by Crippen LogP contribution is -2.11. The molecule has 0 fully saturated rings. The van der Waals surface area contributed by atoms with Crippen molar-refractivity contribution >= 4 is 27.5 Å². The number of carbonyl (C=O) groups is 1. The van der Waals surface area contributed by atoms with Crippen molar-refractivity contribution in [1.82, 2.24) is 0 Å². The van der Waals surface area contributed by atoms with Gasteiger partial charge in [0.25, 0.3) is 0 Å². The summed E-state index contributed by atoms with van der Waals surface area (Å²) in [4.78, 5) is 11.3. The van der Waals surface area contributed by atoms with Crippen LogP contribution in [0.2, 0.25) is 0 Å². The Morgan fingerprint density at radius 1 is 1.43 bits per heavy atom. The molecule has 1 rings (SSSR count). The minimum atomic E-state index is -0.0778. The van der Waals surface area contributed by atoms with Crippen LogP contribution in [0.1, 0.15) is 12.8 Å². The van der Waals surface area contributed by atoms with Crippen LogP contribution in [0, 0.1) is 0 Å². The fourth-order valence-corrected chi connectivity index (χ4v) is 1.40. The fourth-order valence-electron chi connectivity index (χ4n) is 1.01. The van der Waals surface area contributed by atoms with Crippen molar-refractivity contribution < 1.29 is 9.90 Å². The molecule has 0 atom stereocenters. The number of benzene rings is 1. The zero-order valence-corrected chi connectivity index (χ0v) is 9.25. The monoisotopic (exact) mass is 257 g/mol. The van der Waals surface area contributed by atoms with Crippen LogP contribution >= 0.6 is 15.9 Å². The zero-order chi connectivity index (χ0) is 10.4. The molecule has 14 heavy (non-hydrogen) atoms. The van der Waals surface area contributed by atoms with Gasteiger partial charge >= 0.3 is 0 Å². The molecule has 3 nitrogen and oxygen atoms in total. The zero-order valence-electron chi connectivity index (χ0n) is 7.66. The van der Waals surface area contributed by atoms with E-state index in [-0.39, 0.29) is 12.5 Å². The number of carbonyl (C=O) groups excluding carboxylic acids is 1. The minimum Gasteiger partial charge on any atom is -0.396 e. The molecule has 1 aromatic carbocycles. The summed E-state index contributed by atoms with van der Waals surface area (Å²) >= 11 is 3.33. The van der Waals surface area contributed by atoms with E-state index in [0.29, 0.717) is 12.8 Å². The molecule has 0 saturated carbocycles. The van der Waals surface area contributed by atoms with E-state index in [2.05, 4.69) is 21.2 Å². The summed E-state index contributed by atoms with van der Waals surface area (Å²) in [7, 11) is 0. The summed E-state index contributed by atoms with van der Waals surface area (Å²) in [5, 5.41) is 11.3. The van der Waals surface area contributed by atoms with Crippen LogP contribution in [0.3, 0.4) is 0 Å². The normalized spacial score (nSPS) is 9.86. The van der Waals surface area contributed by atoms with Crippen LogP contribution < -0.4 is 5.32 Å². The summed E-state index contributed by atoms with van der Waals surface area (Å²) < 4.78 is 0.859. The molecule has 76 valence electrons. The number of amides is 1. The van der Waals surface area contributed by atoms with Gasteiger partial charge in [-0.15, -0.1) is 0 Å². The molecule has 0 aliphatic heterocycles. The van der Waals surface area contributed by atoms with E-state index >= 15 is 0 Å². The van der Waals surface area contributed by atoms with E-state index in [4.69, 9.17) is 5.11 Å². The first-order valence-electron chi connectivity index (χ1n) is 4.39. The molecule has 0 radical (unpaired) electrons. The van der Waals surface area contributed by atoms with Gasteiger partial charge in [-0.25, -0.2) is 0 Å². The Kier molecular flexibility index (Phi) is 4.62. The highest BCUT2D eigenvalue weighted by Gasteiger charge is 2.03. The molecular weight excluding hydrogens is 246 g/mol. The van der Waals surface area contributed by atoms with Crippen LogP contribution in [-0.4, -0.2) is 17.6 Å². The van der Waals surface area contributed by atoms with Crippen LogP contribution in [0.5, 0.6) is 0 Å². The van der Waals surface area contributed by atoms with Gasteiger partial charge in [0.15, 0.2) is 0 Å². The van der Waals surface area contributed by atoms with E-state index in [1.165, 1.54) is 0 Å². The molecule has 0 unspecified atom stereocenters. The fraction of sp³-hybridized carbons (Fsp3) is 0.300. The van der Waals surface area contributed by atoms with Crippen LogP contribution in [0.4, 0.5) is 5.69 Å². The molecule has 0 aliphatic carbocycles. The maximum Gasteiger partial charge on any atom is 0.224 e. The Morgan fingerprint density at radius 2 is 2.14 bits per heavy atom. The van der Waals surface area contributed by atoms with Gasteiger partial charge in [0.05, 0.1) is 5.69 Å². The maximum absolute atomic E-state index is 11.3. The first kappa shape index (κ1) is 11.2. The number of hydrogen-bond acceptors (Lipinski definition) is 2. The summed E-state index contributed by atoms with van der Waals surface area (Å²) in [5.74, 6) is -0.0778. The molecule has 0 saturated heterocycles. The lowest BCUT2D eigenvalue weighted by molar-refractivity contribution is -0.116. The van der Waals surface area contributed by atoms with Crippen molar-refractivity contribution in [2.45, 2.75) is 12.8 Å². The second kappa shape index (κ2) is 5.78. The highest BCUT2D eigenvalue weighted by Crippen LogP contribution is 2.21. The summed E-state index contributed by atoms with van der Waals surface area (Å²) in [6.45, 7) is 0.0450. The number of halogens is 1. The van der Waals surface area contributed by atoms with E-state index in [9.17, 15) is 4.79 Å². The second-order valence-electron chi connectivity index (χ2n) is 2.86. The molecule has 1 amide bonds. The lowest BCUT2D eigenvalue weighted by Gasteiger charge is -2.05. The number of para-hydroxylation sites is 1. The third kappa shape index (κ3) is 3.47. The van der Waals surface area contributed by atoms with E-state index in [1.54, 1.807) is 0 Å². The van der Waals surface area contributed by atoms with Crippen molar-refractivity contribution in [2.24, 2.45) is 0 Å². The predicted molar refractivity (Wildman–Crippen MR) is 59.1 cm³/mol. The van der Waals surface area contributed by atoms with Crippen molar-refractivity contribution in [3.8, 4) is 0 Å². The molecule has 2 N–H and O–H groups in total. The average molecular weight is 258 g/mol. The van der Waals surface area contributed by atoms with Gasteiger partial charge in [-0.3, -0.25) is 4.79 Å². The SMILES string of the molecule is O=C(CCCO)Nc1ccccc1Br. The number of nitrogens with one attached hydrogen (secondary N) is 1. The average Bonchev–Trinajstić information content (AvgIpc) is 2.18. The first-order chi connectivity index (χ1) is 6.74. The molecule has 4 heteroatoms. The van der Waals surface area contributed by atoms with Gasteiger partial charge in [0.2, 0.25) is 5.91 Å². The van der Waals surface area contributed by atoms with Gasteiger partial charge in [-0.2, -0.15) is 0 Å². The van der Waals surface area contributed by atoms with Crippen molar-refractivity contribution in [3.05, 3.63) is 28.7 Å². The Morgan fingerprint density at radius 3 is 2.79 bits per heavy atom. The number of anilines is 1.